The molecule has 0 atom stereocenters. The molecule has 98 valence electrons. The van der Waals surface area contributed by atoms with Gasteiger partial charge >= 0.3 is 0 Å². The number of furan rings is 1. The van der Waals surface area contributed by atoms with Gasteiger partial charge in [-0.2, -0.15) is 0 Å². The maximum Gasteiger partial charge on any atom is 0.150 e. The Morgan fingerprint density at radius 2 is 2.21 bits per heavy atom. The van der Waals surface area contributed by atoms with E-state index < -0.39 is 0 Å². The molecule has 1 aromatic carbocycles. The number of hydrogen-bond donors (Lipinski definition) is 2. The summed E-state index contributed by atoms with van der Waals surface area (Å²) < 4.78 is 10.8. The Labute approximate surface area is 111 Å². The topological polar surface area (TPSA) is 64.2 Å². The predicted molar refractivity (Wildman–Crippen MR) is 75.3 cm³/mol. The van der Waals surface area contributed by atoms with Crippen molar-refractivity contribution in [3.63, 3.8) is 0 Å². The molecule has 3 aromatic rings. The Balaban J connectivity index is 2.24. The summed E-state index contributed by atoms with van der Waals surface area (Å²) in [5.74, 6) is 1.68. The summed E-state index contributed by atoms with van der Waals surface area (Å²) in [6, 6.07) is 9.82. The van der Waals surface area contributed by atoms with Crippen molar-refractivity contribution in [2.45, 2.75) is 6.42 Å². The lowest BCUT2D eigenvalue weighted by Gasteiger charge is -2.02. The predicted octanol–water partition coefficient (Wildman–Crippen LogP) is 2.94. The highest BCUT2D eigenvalue weighted by atomic mass is 16.5. The molecule has 0 bridgehead atoms. The summed E-state index contributed by atoms with van der Waals surface area (Å²) in [7, 11) is 1.67. The molecule has 0 fully saturated rings. The van der Waals surface area contributed by atoms with E-state index in [9.17, 15) is 0 Å². The van der Waals surface area contributed by atoms with E-state index >= 15 is 0 Å². The molecule has 0 spiro atoms. The third kappa shape index (κ3) is 2.00. The second-order valence-corrected chi connectivity index (χ2v) is 4.41. The molecule has 0 saturated heterocycles. The summed E-state index contributed by atoms with van der Waals surface area (Å²) in [5, 5.41) is 1.14. The van der Waals surface area contributed by atoms with Crippen molar-refractivity contribution in [1.29, 1.82) is 0 Å². The highest BCUT2D eigenvalue weighted by Crippen LogP contribution is 2.32. The van der Waals surface area contributed by atoms with Gasteiger partial charge in [-0.15, -0.1) is 0 Å². The van der Waals surface area contributed by atoms with Gasteiger partial charge < -0.3 is 19.9 Å². The molecular weight excluding hydrogens is 240 g/mol. The summed E-state index contributed by atoms with van der Waals surface area (Å²) in [6.45, 7) is 0.595. The molecule has 19 heavy (non-hydrogen) atoms. The number of ether oxygens (including phenoxy) is 1. The van der Waals surface area contributed by atoms with Crippen LogP contribution in [0.1, 0.15) is 5.56 Å². The summed E-state index contributed by atoms with van der Waals surface area (Å²) in [6.07, 6.45) is 2.47. The van der Waals surface area contributed by atoms with Crippen molar-refractivity contribution >= 4 is 10.9 Å². The lowest BCUT2D eigenvalue weighted by atomic mass is 10.1. The first-order valence-corrected chi connectivity index (χ1v) is 6.26. The third-order valence-corrected chi connectivity index (χ3v) is 3.28. The van der Waals surface area contributed by atoms with E-state index in [1.54, 1.807) is 13.4 Å². The van der Waals surface area contributed by atoms with Crippen LogP contribution in [0.5, 0.6) is 5.75 Å². The largest absolute Gasteiger partial charge is 0.497 e. The summed E-state index contributed by atoms with van der Waals surface area (Å²) in [5.41, 5.74) is 8.96. The van der Waals surface area contributed by atoms with Gasteiger partial charge in [0.1, 0.15) is 11.5 Å². The van der Waals surface area contributed by atoms with Crippen molar-refractivity contribution in [2.24, 2.45) is 5.73 Å². The minimum absolute atomic E-state index is 0.595. The molecular formula is C15H16N2O2. The van der Waals surface area contributed by atoms with Crippen LogP contribution in [-0.2, 0) is 6.42 Å². The number of H-pyrrole nitrogens is 1. The fraction of sp³-hybridized carbons (Fsp3) is 0.200. The van der Waals surface area contributed by atoms with Gasteiger partial charge in [-0.3, -0.25) is 0 Å². The van der Waals surface area contributed by atoms with Gasteiger partial charge in [0.15, 0.2) is 0 Å². The highest BCUT2D eigenvalue weighted by Gasteiger charge is 2.14. The Morgan fingerprint density at radius 1 is 1.32 bits per heavy atom. The quantitative estimate of drug-likeness (QED) is 0.754. The first-order chi connectivity index (χ1) is 9.33. The lowest BCUT2D eigenvalue weighted by Crippen LogP contribution is -2.03. The second-order valence-electron chi connectivity index (χ2n) is 4.41. The minimum Gasteiger partial charge on any atom is -0.497 e. The van der Waals surface area contributed by atoms with Gasteiger partial charge in [-0.05, 0) is 48.9 Å². The van der Waals surface area contributed by atoms with Crippen LogP contribution in [0.15, 0.2) is 41.0 Å². The number of benzene rings is 1. The minimum atomic E-state index is 0.595. The van der Waals surface area contributed by atoms with Crippen LogP contribution in [0.2, 0.25) is 0 Å². The molecule has 4 nitrogen and oxygen atoms in total. The van der Waals surface area contributed by atoms with E-state index in [2.05, 4.69) is 4.98 Å². The molecule has 0 aliphatic carbocycles. The number of aromatic nitrogens is 1. The van der Waals surface area contributed by atoms with Crippen LogP contribution in [0.25, 0.3) is 22.4 Å². The van der Waals surface area contributed by atoms with E-state index in [1.807, 2.05) is 30.3 Å². The van der Waals surface area contributed by atoms with Gasteiger partial charge in [0, 0.05) is 10.9 Å². The van der Waals surface area contributed by atoms with Crippen molar-refractivity contribution in [3.8, 4) is 17.2 Å². The number of aromatic amines is 1. The summed E-state index contributed by atoms with van der Waals surface area (Å²) in [4.78, 5) is 3.40. The van der Waals surface area contributed by atoms with E-state index in [0.717, 1.165) is 34.5 Å². The fourth-order valence-electron chi connectivity index (χ4n) is 2.39. The Kier molecular flexibility index (Phi) is 3.01. The van der Waals surface area contributed by atoms with E-state index in [0.29, 0.717) is 6.54 Å². The Bertz CT molecular complexity index is 684. The number of nitrogens with two attached hydrogens (primary N) is 1. The Hall–Kier alpha value is -2.20. The van der Waals surface area contributed by atoms with Gasteiger partial charge in [0.05, 0.1) is 19.1 Å². The van der Waals surface area contributed by atoms with Crippen LogP contribution in [0.4, 0.5) is 0 Å². The molecule has 4 heteroatoms. The average molecular weight is 256 g/mol. The lowest BCUT2D eigenvalue weighted by molar-refractivity contribution is 0.415. The first kappa shape index (κ1) is 11.9. The van der Waals surface area contributed by atoms with E-state index in [-0.39, 0.29) is 0 Å². The molecule has 0 aliphatic heterocycles. The maximum absolute atomic E-state index is 5.73. The molecule has 0 saturated carbocycles. The van der Waals surface area contributed by atoms with Crippen LogP contribution in [-0.4, -0.2) is 18.6 Å². The highest BCUT2D eigenvalue weighted by molar-refractivity contribution is 5.91. The standard InChI is InChI=1S/C15H16N2O2/c1-18-10-4-5-13-12(9-10)11(6-7-16)15(17-13)14-3-2-8-19-14/h2-5,8-9,17H,6-7,16H2,1H3. The molecule has 0 aliphatic rings. The maximum atomic E-state index is 5.73. The fourth-order valence-corrected chi connectivity index (χ4v) is 2.39. The first-order valence-electron chi connectivity index (χ1n) is 6.26. The smallest absolute Gasteiger partial charge is 0.150 e. The van der Waals surface area contributed by atoms with Gasteiger partial charge in [-0.25, -0.2) is 0 Å². The van der Waals surface area contributed by atoms with Crippen molar-refractivity contribution in [3.05, 3.63) is 42.2 Å². The zero-order valence-electron chi connectivity index (χ0n) is 10.8. The van der Waals surface area contributed by atoms with Crippen molar-refractivity contribution < 1.29 is 9.15 Å². The monoisotopic (exact) mass is 256 g/mol. The molecule has 3 rings (SSSR count). The van der Waals surface area contributed by atoms with Crippen LogP contribution in [0.3, 0.4) is 0 Å². The molecule has 2 heterocycles. The normalized spacial score (nSPS) is 11.1. The van der Waals surface area contributed by atoms with E-state index in [4.69, 9.17) is 14.9 Å². The number of rotatable bonds is 4. The number of fused-ring (bicyclic) bond motifs is 1. The van der Waals surface area contributed by atoms with Gasteiger partial charge in [0.2, 0.25) is 0 Å². The average Bonchev–Trinajstić information content (AvgIpc) is 3.06. The second kappa shape index (κ2) is 4.82. The van der Waals surface area contributed by atoms with Crippen molar-refractivity contribution in [1.82, 2.24) is 4.98 Å². The van der Waals surface area contributed by atoms with Crippen molar-refractivity contribution in [2.75, 3.05) is 13.7 Å². The molecule has 2 aromatic heterocycles. The SMILES string of the molecule is COc1ccc2[nH]c(-c3ccco3)c(CCN)c2c1. The number of nitrogens with one attached hydrogen (secondary N) is 1. The summed E-state index contributed by atoms with van der Waals surface area (Å²) >= 11 is 0. The molecule has 0 unspecified atom stereocenters. The molecule has 3 N–H and O–H groups in total. The number of methoxy groups -OCH3 is 1. The third-order valence-electron chi connectivity index (χ3n) is 3.28. The molecule has 0 radical (unpaired) electrons. The van der Waals surface area contributed by atoms with Gasteiger partial charge in [-0.1, -0.05) is 0 Å². The molecule has 0 amide bonds. The number of hydrogen-bond acceptors (Lipinski definition) is 3. The van der Waals surface area contributed by atoms with Gasteiger partial charge in [0.25, 0.3) is 0 Å². The van der Waals surface area contributed by atoms with Crippen LogP contribution in [0, 0.1) is 0 Å². The van der Waals surface area contributed by atoms with Crippen LogP contribution >= 0.6 is 0 Å². The van der Waals surface area contributed by atoms with E-state index in [1.165, 1.54) is 5.56 Å². The zero-order chi connectivity index (χ0) is 13.2. The zero-order valence-corrected chi connectivity index (χ0v) is 10.8. The van der Waals surface area contributed by atoms with Crippen LogP contribution < -0.4 is 10.5 Å². The Morgan fingerprint density at radius 3 is 2.89 bits per heavy atom.